The Morgan fingerprint density at radius 3 is 0.810 bits per heavy atom. The molecule has 4 N–H and O–H groups in total. The first-order valence-electron chi connectivity index (χ1n) is 12.6. The van der Waals surface area contributed by atoms with Crippen molar-refractivity contribution in [2.45, 2.75) is 12.8 Å². The number of carboxylic acid groups (broad SMARTS) is 4. The van der Waals surface area contributed by atoms with Gasteiger partial charge in [-0.15, -0.1) is 0 Å². The molecule has 42 heavy (non-hydrogen) atoms. The molecule has 0 aliphatic heterocycles. The van der Waals surface area contributed by atoms with E-state index in [-0.39, 0.29) is 0 Å². The van der Waals surface area contributed by atoms with Gasteiger partial charge >= 0.3 is 23.9 Å². The van der Waals surface area contributed by atoms with E-state index in [1.807, 2.05) is 12.1 Å². The molecule has 4 rings (SSSR count). The molecule has 0 spiro atoms. The molecule has 0 amide bonds. The van der Waals surface area contributed by atoms with Crippen LogP contribution in [0.5, 0.6) is 0 Å². The van der Waals surface area contributed by atoms with Crippen LogP contribution in [0.4, 0.5) is 0 Å². The molecule has 4 aromatic rings. The van der Waals surface area contributed by atoms with Crippen molar-refractivity contribution >= 4 is 23.9 Å². The lowest BCUT2D eigenvalue weighted by atomic mass is 10.0. The average Bonchev–Trinajstić information content (AvgIpc) is 3.01. The van der Waals surface area contributed by atoms with Gasteiger partial charge in [0.1, 0.15) is 0 Å². The van der Waals surface area contributed by atoms with Gasteiger partial charge in [-0.2, -0.15) is 0 Å². The molecular weight excluding hydrogens is 536 g/mol. The zero-order valence-electron chi connectivity index (χ0n) is 22.7. The van der Waals surface area contributed by atoms with E-state index >= 15 is 0 Å². The fourth-order valence-electron chi connectivity index (χ4n) is 3.12. The number of aliphatic carboxylic acids is 4. The van der Waals surface area contributed by atoms with Gasteiger partial charge in [0.25, 0.3) is 0 Å². The van der Waals surface area contributed by atoms with E-state index in [0.29, 0.717) is 24.3 Å². The quantitative estimate of drug-likeness (QED) is 0.182. The molecule has 4 aromatic carbocycles. The first-order chi connectivity index (χ1) is 20.2. The molecule has 0 aromatic heterocycles. The predicted molar refractivity (Wildman–Crippen MR) is 161 cm³/mol. The third-order valence-electron chi connectivity index (χ3n) is 5.01. The van der Waals surface area contributed by atoms with Crippen LogP contribution >= 0.6 is 0 Å². The maximum Gasteiger partial charge on any atom is 0.328 e. The molecule has 0 bridgehead atoms. The van der Waals surface area contributed by atoms with Crippen LogP contribution in [0.3, 0.4) is 0 Å². The van der Waals surface area contributed by atoms with Gasteiger partial charge in [0.2, 0.25) is 0 Å². The van der Waals surface area contributed by atoms with E-state index in [9.17, 15) is 19.2 Å². The Labute approximate surface area is 244 Å². The highest BCUT2D eigenvalue weighted by atomic mass is 16.4. The highest BCUT2D eigenvalue weighted by molar-refractivity contribution is 5.90. The Morgan fingerprint density at radius 2 is 0.595 bits per heavy atom. The number of hydrogen-bond acceptors (Lipinski definition) is 4. The second-order valence-electron chi connectivity index (χ2n) is 8.22. The fraction of sp³-hybridized carbons (Fsp3) is 0.0588. The number of aryl methyl sites for hydroxylation is 2. The van der Waals surface area contributed by atoms with E-state index in [1.54, 1.807) is 0 Å². The minimum absolute atomic E-state index is 0.558. The Hall–Kier alpha value is -5.76. The third kappa shape index (κ3) is 18.5. The van der Waals surface area contributed by atoms with Gasteiger partial charge in [-0.1, -0.05) is 121 Å². The normalized spacial score (nSPS) is 9.71. The lowest BCUT2D eigenvalue weighted by molar-refractivity contribution is -0.134. The largest absolute Gasteiger partial charge is 0.478 e. The van der Waals surface area contributed by atoms with Crippen LogP contribution in [0.15, 0.2) is 146 Å². The van der Waals surface area contributed by atoms with Crippen molar-refractivity contribution in [2.75, 3.05) is 0 Å². The number of rotatable bonds is 8. The van der Waals surface area contributed by atoms with Crippen LogP contribution in [0.25, 0.3) is 11.1 Å². The van der Waals surface area contributed by atoms with Crippen molar-refractivity contribution in [2.24, 2.45) is 0 Å². The summed E-state index contributed by atoms with van der Waals surface area (Å²) in [5.74, 6) is -5.03. The molecular formula is C34H32O8. The Bertz CT molecular complexity index is 1260. The van der Waals surface area contributed by atoms with Crippen LogP contribution < -0.4 is 0 Å². The van der Waals surface area contributed by atoms with Crippen molar-refractivity contribution in [3.63, 3.8) is 0 Å². The smallest absolute Gasteiger partial charge is 0.328 e. The lowest BCUT2D eigenvalue weighted by Gasteiger charge is -2.01. The lowest BCUT2D eigenvalue weighted by Crippen LogP contribution is -1.91. The summed E-state index contributed by atoms with van der Waals surface area (Å²) in [5.41, 5.74) is 5.38. The monoisotopic (exact) mass is 568 g/mol. The molecule has 0 heterocycles. The van der Waals surface area contributed by atoms with E-state index in [4.69, 9.17) is 20.4 Å². The molecule has 0 atom stereocenters. The van der Waals surface area contributed by atoms with Crippen molar-refractivity contribution < 1.29 is 39.6 Å². The average molecular weight is 569 g/mol. The first-order valence-corrected chi connectivity index (χ1v) is 12.6. The summed E-state index contributed by atoms with van der Waals surface area (Å²) in [6, 6.07) is 42.0. The summed E-state index contributed by atoms with van der Waals surface area (Å²) in [7, 11) is 0. The van der Waals surface area contributed by atoms with Crippen LogP contribution in [-0.2, 0) is 32.0 Å². The van der Waals surface area contributed by atoms with Gasteiger partial charge in [0, 0.05) is 24.3 Å². The molecule has 0 saturated heterocycles. The highest BCUT2D eigenvalue weighted by Crippen LogP contribution is 2.17. The molecule has 0 radical (unpaired) electrons. The summed E-state index contributed by atoms with van der Waals surface area (Å²) < 4.78 is 0. The Balaban J connectivity index is 0.000000290. The molecule has 0 unspecified atom stereocenters. The Kier molecular flexibility index (Phi) is 17.2. The zero-order valence-corrected chi connectivity index (χ0v) is 22.7. The minimum Gasteiger partial charge on any atom is -0.478 e. The molecule has 0 saturated carbocycles. The highest BCUT2D eigenvalue weighted by Gasteiger charge is 1.94. The van der Waals surface area contributed by atoms with E-state index in [2.05, 4.69) is 109 Å². The summed E-state index contributed by atoms with van der Waals surface area (Å²) >= 11 is 0. The summed E-state index contributed by atoms with van der Waals surface area (Å²) in [5, 5.41) is 31.2. The summed E-state index contributed by atoms with van der Waals surface area (Å²) in [6.07, 6.45) is 4.49. The maximum absolute atomic E-state index is 9.55. The second-order valence-corrected chi connectivity index (χ2v) is 8.22. The van der Waals surface area contributed by atoms with E-state index in [0.717, 1.165) is 12.8 Å². The summed E-state index contributed by atoms with van der Waals surface area (Å²) in [4.78, 5) is 38.2. The molecule has 216 valence electrons. The molecule has 0 aliphatic rings. The third-order valence-corrected chi connectivity index (χ3v) is 5.01. The molecule has 8 heteroatoms. The predicted octanol–water partition coefficient (Wildman–Crippen LogP) is 6.25. The fourth-order valence-corrected chi connectivity index (χ4v) is 3.12. The van der Waals surface area contributed by atoms with Gasteiger partial charge in [-0.3, -0.25) is 0 Å². The van der Waals surface area contributed by atoms with E-state index in [1.165, 1.54) is 22.3 Å². The molecule has 0 fully saturated rings. The summed E-state index contributed by atoms with van der Waals surface area (Å²) in [6.45, 7) is 0. The first kappa shape index (κ1) is 34.3. The number of benzene rings is 4. The van der Waals surface area contributed by atoms with Crippen LogP contribution in [-0.4, -0.2) is 44.3 Å². The number of carbonyl (C=O) groups is 4. The van der Waals surface area contributed by atoms with E-state index < -0.39 is 23.9 Å². The van der Waals surface area contributed by atoms with Gasteiger partial charge in [-0.25, -0.2) is 19.2 Å². The topological polar surface area (TPSA) is 149 Å². The SMILES string of the molecule is O=C(O)/C=C\C(=O)O.O=C(O)/C=C\C(=O)O.c1ccc(-c2ccccc2)cc1.c1ccc(CCc2ccccc2)cc1. The van der Waals surface area contributed by atoms with Crippen molar-refractivity contribution in [3.8, 4) is 11.1 Å². The zero-order chi connectivity index (χ0) is 31.0. The number of carboxylic acids is 4. The molecule has 0 aliphatic carbocycles. The van der Waals surface area contributed by atoms with Gasteiger partial charge < -0.3 is 20.4 Å². The van der Waals surface area contributed by atoms with Crippen LogP contribution in [0.2, 0.25) is 0 Å². The Morgan fingerprint density at radius 1 is 0.381 bits per heavy atom. The van der Waals surface area contributed by atoms with Gasteiger partial charge in [0.15, 0.2) is 0 Å². The maximum atomic E-state index is 9.55. The van der Waals surface area contributed by atoms with Crippen LogP contribution in [0, 0.1) is 0 Å². The van der Waals surface area contributed by atoms with Crippen molar-refractivity contribution in [3.05, 3.63) is 157 Å². The van der Waals surface area contributed by atoms with Gasteiger partial charge in [-0.05, 0) is 35.1 Å². The van der Waals surface area contributed by atoms with Gasteiger partial charge in [0.05, 0.1) is 0 Å². The molecule has 8 nitrogen and oxygen atoms in total. The standard InChI is InChI=1S/C14H14.C12H10.2C4H4O4/c1-3-7-13(8-4-1)11-12-14-9-5-2-6-10-14;1-3-7-11(8-4-1)12-9-5-2-6-10-12;2*5-3(6)1-2-4(7)8/h1-10H,11-12H2;1-10H;2*1-2H,(H,5,6)(H,7,8)/b;;2*2-1-. The second kappa shape index (κ2) is 21.1. The van der Waals surface area contributed by atoms with Crippen molar-refractivity contribution in [1.82, 2.24) is 0 Å². The van der Waals surface area contributed by atoms with Crippen LogP contribution in [0.1, 0.15) is 11.1 Å². The minimum atomic E-state index is -1.26. The van der Waals surface area contributed by atoms with Crippen molar-refractivity contribution in [1.29, 1.82) is 0 Å². The number of hydrogen-bond donors (Lipinski definition) is 4.